The molecule has 0 aliphatic rings. The largest absolute Gasteiger partial charge is 0.423 e. The molecule has 118 valence electrons. The van der Waals surface area contributed by atoms with Gasteiger partial charge in [-0.15, -0.1) is 22.0 Å². The van der Waals surface area contributed by atoms with Crippen molar-refractivity contribution in [1.29, 1.82) is 0 Å². The molecular formula is C16H21N3O2S. The quantitative estimate of drug-likeness (QED) is 0.826. The number of aryl methyl sites for hydroxylation is 1. The molecule has 5 nitrogen and oxygen atoms in total. The lowest BCUT2D eigenvalue weighted by molar-refractivity contribution is -0.119. The Morgan fingerprint density at radius 2 is 1.91 bits per heavy atom. The molecule has 0 saturated carbocycles. The number of hydrogen-bond acceptors (Lipinski definition) is 5. The van der Waals surface area contributed by atoms with Crippen LogP contribution in [0.4, 0.5) is 0 Å². The SMILES string of the molecule is Cc1ccccc1SCC(=O)NC(C)c1nnc(C(C)C)o1. The Labute approximate surface area is 134 Å². The highest BCUT2D eigenvalue weighted by Gasteiger charge is 2.17. The zero-order valence-corrected chi connectivity index (χ0v) is 14.1. The number of thioether (sulfide) groups is 1. The van der Waals surface area contributed by atoms with E-state index in [1.807, 2.05) is 52.0 Å². The normalized spacial score (nSPS) is 12.4. The third-order valence-corrected chi connectivity index (χ3v) is 4.33. The Morgan fingerprint density at radius 1 is 1.23 bits per heavy atom. The number of hydrogen-bond donors (Lipinski definition) is 1. The van der Waals surface area contributed by atoms with E-state index in [0.717, 1.165) is 4.90 Å². The van der Waals surface area contributed by atoms with Crippen LogP contribution in [0, 0.1) is 6.92 Å². The number of rotatable bonds is 6. The van der Waals surface area contributed by atoms with Crippen LogP contribution in [-0.4, -0.2) is 21.9 Å². The average molecular weight is 319 g/mol. The van der Waals surface area contributed by atoms with Gasteiger partial charge in [0.1, 0.15) is 6.04 Å². The second-order valence-electron chi connectivity index (χ2n) is 5.48. The smallest absolute Gasteiger partial charge is 0.238 e. The summed E-state index contributed by atoms with van der Waals surface area (Å²) in [5.74, 6) is 1.52. The maximum absolute atomic E-state index is 12.0. The Bertz CT molecular complexity index is 640. The van der Waals surface area contributed by atoms with Gasteiger partial charge in [0.25, 0.3) is 0 Å². The van der Waals surface area contributed by atoms with E-state index in [4.69, 9.17) is 4.42 Å². The fraction of sp³-hybridized carbons (Fsp3) is 0.438. The van der Waals surface area contributed by atoms with E-state index in [0.29, 0.717) is 17.5 Å². The van der Waals surface area contributed by atoms with E-state index in [2.05, 4.69) is 15.5 Å². The molecule has 0 bridgehead atoms. The lowest BCUT2D eigenvalue weighted by Gasteiger charge is -2.10. The van der Waals surface area contributed by atoms with Gasteiger partial charge in [0.05, 0.1) is 5.75 Å². The van der Waals surface area contributed by atoms with Gasteiger partial charge in [-0.1, -0.05) is 32.0 Å². The van der Waals surface area contributed by atoms with Crippen molar-refractivity contribution < 1.29 is 9.21 Å². The number of aromatic nitrogens is 2. The van der Waals surface area contributed by atoms with Gasteiger partial charge in [-0.3, -0.25) is 4.79 Å². The summed E-state index contributed by atoms with van der Waals surface area (Å²) in [6.07, 6.45) is 0. The van der Waals surface area contributed by atoms with Gasteiger partial charge >= 0.3 is 0 Å². The van der Waals surface area contributed by atoms with Crippen LogP contribution in [0.15, 0.2) is 33.6 Å². The molecule has 1 unspecified atom stereocenters. The first-order chi connectivity index (χ1) is 10.5. The van der Waals surface area contributed by atoms with Crippen molar-refractivity contribution in [2.24, 2.45) is 0 Å². The molecule has 0 fully saturated rings. The highest BCUT2D eigenvalue weighted by Crippen LogP contribution is 2.22. The van der Waals surface area contributed by atoms with E-state index >= 15 is 0 Å². The topological polar surface area (TPSA) is 68.0 Å². The van der Waals surface area contributed by atoms with E-state index in [1.165, 1.54) is 17.3 Å². The van der Waals surface area contributed by atoms with Crippen LogP contribution < -0.4 is 5.32 Å². The number of carbonyl (C=O) groups excluding carboxylic acids is 1. The molecule has 2 rings (SSSR count). The van der Waals surface area contributed by atoms with E-state index < -0.39 is 0 Å². The van der Waals surface area contributed by atoms with Crippen LogP contribution in [0.1, 0.15) is 50.1 Å². The fourth-order valence-corrected chi connectivity index (χ4v) is 2.70. The Hall–Kier alpha value is -1.82. The second kappa shape index (κ2) is 7.45. The fourth-order valence-electron chi connectivity index (χ4n) is 1.86. The molecule has 1 atom stereocenters. The van der Waals surface area contributed by atoms with Crippen molar-refractivity contribution in [3.63, 3.8) is 0 Å². The molecule has 1 amide bonds. The third-order valence-electron chi connectivity index (χ3n) is 3.15. The van der Waals surface area contributed by atoms with Crippen LogP contribution >= 0.6 is 11.8 Å². The van der Waals surface area contributed by atoms with Crippen molar-refractivity contribution in [3.8, 4) is 0 Å². The van der Waals surface area contributed by atoms with Gasteiger partial charge in [-0.05, 0) is 25.5 Å². The maximum atomic E-state index is 12.0. The van der Waals surface area contributed by atoms with Crippen molar-refractivity contribution in [3.05, 3.63) is 41.6 Å². The maximum Gasteiger partial charge on any atom is 0.238 e. The molecule has 1 aromatic carbocycles. The minimum Gasteiger partial charge on any atom is -0.423 e. The van der Waals surface area contributed by atoms with Gasteiger partial charge in [0.15, 0.2) is 0 Å². The van der Waals surface area contributed by atoms with Gasteiger partial charge in [0, 0.05) is 10.8 Å². The molecule has 22 heavy (non-hydrogen) atoms. The summed E-state index contributed by atoms with van der Waals surface area (Å²) in [5.41, 5.74) is 1.17. The number of nitrogens with one attached hydrogen (secondary N) is 1. The molecule has 0 aliphatic heterocycles. The zero-order valence-electron chi connectivity index (χ0n) is 13.3. The van der Waals surface area contributed by atoms with Crippen LogP contribution in [-0.2, 0) is 4.79 Å². The summed E-state index contributed by atoms with van der Waals surface area (Å²) in [4.78, 5) is 13.1. The Kier molecular flexibility index (Phi) is 5.60. The standard InChI is InChI=1S/C16H21N3O2S/c1-10(2)15-18-19-16(21-15)12(4)17-14(20)9-22-13-8-6-5-7-11(13)3/h5-8,10,12H,9H2,1-4H3,(H,17,20). The zero-order chi connectivity index (χ0) is 16.1. The molecule has 1 N–H and O–H groups in total. The highest BCUT2D eigenvalue weighted by molar-refractivity contribution is 8.00. The van der Waals surface area contributed by atoms with E-state index in [-0.39, 0.29) is 17.9 Å². The molecule has 0 spiro atoms. The summed E-state index contributed by atoms with van der Waals surface area (Å²) in [7, 11) is 0. The molecule has 6 heteroatoms. The molecule has 0 aliphatic carbocycles. The number of amides is 1. The van der Waals surface area contributed by atoms with Crippen LogP contribution in [0.2, 0.25) is 0 Å². The van der Waals surface area contributed by atoms with Crippen molar-refractivity contribution >= 4 is 17.7 Å². The van der Waals surface area contributed by atoms with Gasteiger partial charge in [-0.25, -0.2) is 0 Å². The molecule has 1 heterocycles. The summed E-state index contributed by atoms with van der Waals surface area (Å²) >= 11 is 1.52. The first-order valence-corrected chi connectivity index (χ1v) is 8.27. The first kappa shape index (κ1) is 16.5. The van der Waals surface area contributed by atoms with Crippen molar-refractivity contribution in [2.45, 2.75) is 44.6 Å². The van der Waals surface area contributed by atoms with Crippen molar-refractivity contribution in [1.82, 2.24) is 15.5 Å². The third kappa shape index (κ3) is 4.34. The Morgan fingerprint density at radius 3 is 2.55 bits per heavy atom. The van der Waals surface area contributed by atoms with Crippen LogP contribution in [0.25, 0.3) is 0 Å². The number of benzene rings is 1. The van der Waals surface area contributed by atoms with E-state index in [9.17, 15) is 4.79 Å². The number of nitrogens with zero attached hydrogens (tertiary/aromatic N) is 2. The summed E-state index contributed by atoms with van der Waals surface area (Å²) in [5, 5.41) is 10.8. The van der Waals surface area contributed by atoms with Crippen LogP contribution in [0.3, 0.4) is 0 Å². The highest BCUT2D eigenvalue weighted by atomic mass is 32.2. The molecule has 0 radical (unpaired) electrons. The molecule has 0 saturated heterocycles. The monoisotopic (exact) mass is 319 g/mol. The lowest BCUT2D eigenvalue weighted by atomic mass is 10.2. The minimum atomic E-state index is -0.287. The van der Waals surface area contributed by atoms with E-state index in [1.54, 1.807) is 0 Å². The van der Waals surface area contributed by atoms with Crippen molar-refractivity contribution in [2.75, 3.05) is 5.75 Å². The Balaban J connectivity index is 1.87. The minimum absolute atomic E-state index is 0.0509. The van der Waals surface area contributed by atoms with Gasteiger partial charge in [0.2, 0.25) is 17.7 Å². The summed E-state index contributed by atoms with van der Waals surface area (Å²) in [6, 6.07) is 7.73. The predicted octanol–water partition coefficient (Wildman–Crippen LogP) is 3.47. The molecule has 2 aromatic rings. The molecule has 1 aromatic heterocycles. The second-order valence-corrected chi connectivity index (χ2v) is 6.49. The average Bonchev–Trinajstić information content (AvgIpc) is 2.96. The summed E-state index contributed by atoms with van der Waals surface area (Å²) in [6.45, 7) is 7.85. The number of carbonyl (C=O) groups is 1. The lowest BCUT2D eigenvalue weighted by Crippen LogP contribution is -2.28. The van der Waals surface area contributed by atoms with Gasteiger partial charge < -0.3 is 9.73 Å². The summed E-state index contributed by atoms with van der Waals surface area (Å²) < 4.78 is 5.55. The predicted molar refractivity (Wildman–Crippen MR) is 86.8 cm³/mol. The first-order valence-electron chi connectivity index (χ1n) is 7.28. The van der Waals surface area contributed by atoms with Gasteiger partial charge in [-0.2, -0.15) is 0 Å². The van der Waals surface area contributed by atoms with Crippen LogP contribution in [0.5, 0.6) is 0 Å². The molecular weight excluding hydrogens is 298 g/mol.